The number of rotatable bonds is 3. The summed E-state index contributed by atoms with van der Waals surface area (Å²) in [5.74, 6) is 0.881. The Morgan fingerprint density at radius 3 is 2.75 bits per heavy atom. The lowest BCUT2D eigenvalue weighted by Gasteiger charge is -2.28. The van der Waals surface area contributed by atoms with Gasteiger partial charge in [0.1, 0.15) is 0 Å². The second-order valence-corrected chi connectivity index (χ2v) is 5.20. The van der Waals surface area contributed by atoms with Gasteiger partial charge in [-0.05, 0) is 38.1 Å². The van der Waals surface area contributed by atoms with E-state index in [1.54, 1.807) is 0 Å². The highest BCUT2D eigenvalue weighted by molar-refractivity contribution is 4.76. The Hall–Kier alpha value is -0.120. The molecule has 2 aliphatic rings. The van der Waals surface area contributed by atoms with Crippen molar-refractivity contribution in [2.75, 3.05) is 39.4 Å². The lowest BCUT2D eigenvalue weighted by atomic mass is 9.99. The van der Waals surface area contributed by atoms with Crippen LogP contribution in [0.25, 0.3) is 0 Å². The highest BCUT2D eigenvalue weighted by atomic mass is 16.5. The molecule has 1 atom stereocenters. The van der Waals surface area contributed by atoms with E-state index in [9.17, 15) is 0 Å². The average Bonchev–Trinajstić information content (AvgIpc) is 2.56. The SMILES string of the molecule is CCC1CCN(CC2CCOCC2)CCN1. The average molecular weight is 226 g/mol. The molecule has 3 heteroatoms. The van der Waals surface area contributed by atoms with Crippen LogP contribution in [0.4, 0.5) is 0 Å². The van der Waals surface area contributed by atoms with Crippen molar-refractivity contribution in [3.8, 4) is 0 Å². The molecule has 0 bridgehead atoms. The lowest BCUT2D eigenvalue weighted by molar-refractivity contribution is 0.0533. The van der Waals surface area contributed by atoms with Crippen LogP contribution in [0.2, 0.25) is 0 Å². The Morgan fingerprint density at radius 1 is 1.19 bits per heavy atom. The van der Waals surface area contributed by atoms with Crippen molar-refractivity contribution in [3.05, 3.63) is 0 Å². The summed E-state index contributed by atoms with van der Waals surface area (Å²) in [5, 5.41) is 3.63. The second-order valence-electron chi connectivity index (χ2n) is 5.20. The largest absolute Gasteiger partial charge is 0.381 e. The summed E-state index contributed by atoms with van der Waals surface area (Å²) in [4.78, 5) is 2.65. The molecule has 0 aliphatic carbocycles. The molecule has 0 saturated carbocycles. The fourth-order valence-corrected chi connectivity index (χ4v) is 2.80. The molecular formula is C13H26N2O. The van der Waals surface area contributed by atoms with Crippen molar-refractivity contribution >= 4 is 0 Å². The van der Waals surface area contributed by atoms with Crippen LogP contribution >= 0.6 is 0 Å². The fraction of sp³-hybridized carbons (Fsp3) is 1.00. The van der Waals surface area contributed by atoms with Crippen LogP contribution in [0.3, 0.4) is 0 Å². The maximum atomic E-state index is 5.42. The maximum Gasteiger partial charge on any atom is 0.0469 e. The van der Waals surface area contributed by atoms with Gasteiger partial charge in [-0.2, -0.15) is 0 Å². The predicted molar refractivity (Wildman–Crippen MR) is 66.7 cm³/mol. The number of nitrogens with one attached hydrogen (secondary N) is 1. The Balaban J connectivity index is 1.72. The quantitative estimate of drug-likeness (QED) is 0.789. The van der Waals surface area contributed by atoms with Gasteiger partial charge in [0.2, 0.25) is 0 Å². The third-order valence-corrected chi connectivity index (χ3v) is 4.00. The van der Waals surface area contributed by atoms with Crippen molar-refractivity contribution < 1.29 is 4.74 Å². The molecule has 16 heavy (non-hydrogen) atoms. The molecule has 3 nitrogen and oxygen atoms in total. The van der Waals surface area contributed by atoms with Gasteiger partial charge in [0, 0.05) is 38.9 Å². The minimum atomic E-state index is 0.750. The number of ether oxygens (including phenoxy) is 1. The first kappa shape index (κ1) is 12.3. The molecule has 2 saturated heterocycles. The number of nitrogens with zero attached hydrogens (tertiary/aromatic N) is 1. The van der Waals surface area contributed by atoms with E-state index in [4.69, 9.17) is 4.74 Å². The first-order valence-electron chi connectivity index (χ1n) is 6.92. The maximum absolute atomic E-state index is 5.42. The molecule has 2 aliphatic heterocycles. The van der Waals surface area contributed by atoms with Gasteiger partial charge in [0.25, 0.3) is 0 Å². The van der Waals surface area contributed by atoms with Crippen molar-refractivity contribution in [1.82, 2.24) is 10.2 Å². The predicted octanol–water partition coefficient (Wildman–Crippen LogP) is 1.49. The molecule has 0 radical (unpaired) electrons. The normalized spacial score (nSPS) is 30.2. The van der Waals surface area contributed by atoms with Gasteiger partial charge in [0.15, 0.2) is 0 Å². The molecule has 1 N–H and O–H groups in total. The highest BCUT2D eigenvalue weighted by Crippen LogP contribution is 2.17. The van der Waals surface area contributed by atoms with E-state index in [1.807, 2.05) is 0 Å². The molecular weight excluding hydrogens is 200 g/mol. The van der Waals surface area contributed by atoms with Crippen molar-refractivity contribution in [2.24, 2.45) is 5.92 Å². The molecule has 94 valence electrons. The first-order valence-corrected chi connectivity index (χ1v) is 6.92. The van der Waals surface area contributed by atoms with E-state index in [1.165, 1.54) is 51.9 Å². The van der Waals surface area contributed by atoms with Gasteiger partial charge >= 0.3 is 0 Å². The Labute approximate surface area is 99.5 Å². The smallest absolute Gasteiger partial charge is 0.0469 e. The van der Waals surface area contributed by atoms with Crippen LogP contribution in [-0.4, -0.2) is 50.3 Å². The number of hydrogen-bond donors (Lipinski definition) is 1. The Morgan fingerprint density at radius 2 is 2.00 bits per heavy atom. The van der Waals surface area contributed by atoms with Gasteiger partial charge < -0.3 is 15.0 Å². The van der Waals surface area contributed by atoms with Gasteiger partial charge in [-0.1, -0.05) is 6.92 Å². The van der Waals surface area contributed by atoms with Gasteiger partial charge in [-0.25, -0.2) is 0 Å². The van der Waals surface area contributed by atoms with Crippen LogP contribution in [0.1, 0.15) is 32.6 Å². The minimum Gasteiger partial charge on any atom is -0.381 e. The molecule has 0 spiro atoms. The summed E-state index contributed by atoms with van der Waals surface area (Å²) >= 11 is 0. The van der Waals surface area contributed by atoms with E-state index in [-0.39, 0.29) is 0 Å². The van der Waals surface area contributed by atoms with Gasteiger partial charge in [0.05, 0.1) is 0 Å². The lowest BCUT2D eigenvalue weighted by Crippen LogP contribution is -2.35. The third kappa shape index (κ3) is 3.72. The molecule has 0 aromatic carbocycles. The molecule has 2 rings (SSSR count). The third-order valence-electron chi connectivity index (χ3n) is 4.00. The van der Waals surface area contributed by atoms with E-state index in [0.29, 0.717) is 0 Å². The molecule has 1 unspecified atom stereocenters. The molecule has 0 aromatic heterocycles. The van der Waals surface area contributed by atoms with E-state index >= 15 is 0 Å². The zero-order valence-corrected chi connectivity index (χ0v) is 10.6. The van der Waals surface area contributed by atoms with E-state index < -0.39 is 0 Å². The van der Waals surface area contributed by atoms with Crippen LogP contribution in [-0.2, 0) is 4.74 Å². The van der Waals surface area contributed by atoms with Crippen LogP contribution in [0, 0.1) is 5.92 Å². The zero-order valence-electron chi connectivity index (χ0n) is 10.6. The minimum absolute atomic E-state index is 0.750. The van der Waals surface area contributed by atoms with Crippen LogP contribution in [0.5, 0.6) is 0 Å². The van der Waals surface area contributed by atoms with Crippen LogP contribution in [0.15, 0.2) is 0 Å². The summed E-state index contributed by atoms with van der Waals surface area (Å²) in [5.41, 5.74) is 0. The fourth-order valence-electron chi connectivity index (χ4n) is 2.80. The summed E-state index contributed by atoms with van der Waals surface area (Å²) in [6.45, 7) is 9.22. The standard InChI is InChI=1S/C13H26N2O/c1-2-13-3-7-15(8-6-14-13)11-12-4-9-16-10-5-12/h12-14H,2-11H2,1H3. The van der Waals surface area contributed by atoms with Crippen LogP contribution < -0.4 is 5.32 Å². The highest BCUT2D eigenvalue weighted by Gasteiger charge is 2.20. The van der Waals surface area contributed by atoms with Crippen molar-refractivity contribution in [1.29, 1.82) is 0 Å². The van der Waals surface area contributed by atoms with Gasteiger partial charge in [-0.3, -0.25) is 0 Å². The summed E-state index contributed by atoms with van der Waals surface area (Å²) in [6.07, 6.45) is 5.12. The molecule has 0 amide bonds. The molecule has 2 fully saturated rings. The summed E-state index contributed by atoms with van der Waals surface area (Å²) < 4.78 is 5.42. The molecule has 2 heterocycles. The second kappa shape index (κ2) is 6.58. The van der Waals surface area contributed by atoms with E-state index in [0.717, 1.165) is 25.2 Å². The van der Waals surface area contributed by atoms with Gasteiger partial charge in [-0.15, -0.1) is 0 Å². The topological polar surface area (TPSA) is 24.5 Å². The summed E-state index contributed by atoms with van der Waals surface area (Å²) in [7, 11) is 0. The number of hydrogen-bond acceptors (Lipinski definition) is 3. The molecule has 0 aromatic rings. The Kier molecular flexibility index (Phi) is 5.07. The van der Waals surface area contributed by atoms with Crippen molar-refractivity contribution in [3.63, 3.8) is 0 Å². The Bertz CT molecular complexity index is 192. The zero-order chi connectivity index (χ0) is 11.2. The van der Waals surface area contributed by atoms with E-state index in [2.05, 4.69) is 17.1 Å². The van der Waals surface area contributed by atoms with Crippen molar-refractivity contribution in [2.45, 2.75) is 38.6 Å². The summed E-state index contributed by atoms with van der Waals surface area (Å²) in [6, 6.07) is 0.750. The monoisotopic (exact) mass is 226 g/mol. The first-order chi connectivity index (χ1) is 7.88.